The Morgan fingerprint density at radius 2 is 2.36 bits per heavy atom. The highest BCUT2D eigenvalue weighted by molar-refractivity contribution is 5.77. The van der Waals surface area contributed by atoms with Gasteiger partial charge in [0.05, 0.1) is 13.2 Å². The molecule has 0 aliphatic carbocycles. The molecule has 0 bridgehead atoms. The molecule has 11 heavy (non-hydrogen) atoms. The lowest BCUT2D eigenvalue weighted by Crippen LogP contribution is -2.08. The lowest BCUT2D eigenvalue weighted by Gasteiger charge is -1.98. The molecule has 0 unspecified atom stereocenters. The average Bonchev–Trinajstić information content (AvgIpc) is 1.99. The summed E-state index contributed by atoms with van der Waals surface area (Å²) in [7, 11) is 1.53. The van der Waals surface area contributed by atoms with Crippen LogP contribution in [0.5, 0.6) is 0 Å². The summed E-state index contributed by atoms with van der Waals surface area (Å²) in [4.78, 5) is 12.7. The molecule has 62 valence electrons. The predicted octanol–water partition coefficient (Wildman–Crippen LogP) is 0.486. The zero-order valence-corrected chi connectivity index (χ0v) is 6.19. The maximum absolute atomic E-state index is 10.4. The largest absolute Gasteiger partial charge is 0.382 e. The average molecular weight is 159 g/mol. The van der Waals surface area contributed by atoms with Crippen LogP contribution in [-0.4, -0.2) is 32.8 Å². The molecule has 1 amide bonds. The molecule has 0 aliphatic rings. The van der Waals surface area contributed by atoms with E-state index in [9.17, 15) is 4.79 Å². The second-order valence-corrected chi connectivity index (χ2v) is 1.63. The van der Waals surface area contributed by atoms with Gasteiger partial charge < -0.3 is 9.47 Å². The summed E-state index contributed by atoms with van der Waals surface area (Å²) in [5, 5.41) is 2.80. The van der Waals surface area contributed by atoms with E-state index in [0.717, 1.165) is 0 Å². The molecule has 0 spiro atoms. The smallest absolute Gasteiger partial charge is 0.244 e. The van der Waals surface area contributed by atoms with E-state index in [1.54, 1.807) is 0 Å². The molecule has 0 aromatic rings. The molecule has 0 aliphatic heterocycles. The highest BCUT2D eigenvalue weighted by Gasteiger charge is 1.95. The van der Waals surface area contributed by atoms with Crippen molar-refractivity contribution in [1.82, 2.24) is 0 Å². The lowest BCUT2D eigenvalue weighted by molar-refractivity contribution is -0.122. The number of hydrogen-bond donors (Lipinski definition) is 0. The minimum Gasteiger partial charge on any atom is -0.382 e. The number of methoxy groups -OCH3 is 1. The number of carbonyl (C=O) groups excluding carboxylic acids is 1. The van der Waals surface area contributed by atoms with Crippen molar-refractivity contribution in [2.45, 2.75) is 0 Å². The van der Waals surface area contributed by atoms with Crippen LogP contribution < -0.4 is 0 Å². The van der Waals surface area contributed by atoms with E-state index in [1.807, 2.05) is 0 Å². The van der Waals surface area contributed by atoms with Crippen LogP contribution >= 0.6 is 0 Å². The molecule has 0 N–H and O–H groups in total. The van der Waals surface area contributed by atoms with E-state index in [-0.39, 0.29) is 6.61 Å². The van der Waals surface area contributed by atoms with Gasteiger partial charge in [0, 0.05) is 12.0 Å². The summed E-state index contributed by atoms with van der Waals surface area (Å²) >= 11 is 0. The number of azide groups is 1. The van der Waals surface area contributed by atoms with Crippen LogP contribution in [0.4, 0.5) is 0 Å². The second-order valence-electron chi connectivity index (χ2n) is 1.63. The van der Waals surface area contributed by atoms with E-state index >= 15 is 0 Å². The Morgan fingerprint density at radius 1 is 1.64 bits per heavy atom. The number of hydrogen-bond acceptors (Lipinski definition) is 3. The number of ether oxygens (including phenoxy) is 2. The van der Waals surface area contributed by atoms with Gasteiger partial charge in [-0.3, -0.25) is 4.79 Å². The van der Waals surface area contributed by atoms with E-state index in [1.165, 1.54) is 7.11 Å². The van der Waals surface area contributed by atoms with Crippen LogP contribution in [0, 0.1) is 0 Å². The van der Waals surface area contributed by atoms with Gasteiger partial charge in [-0.1, -0.05) is 0 Å². The summed E-state index contributed by atoms with van der Waals surface area (Å²) < 4.78 is 9.39. The minimum atomic E-state index is -0.622. The van der Waals surface area contributed by atoms with Crippen molar-refractivity contribution in [3.8, 4) is 0 Å². The Kier molecular flexibility index (Phi) is 6.31. The quantitative estimate of drug-likeness (QED) is 0.253. The Hall–Kier alpha value is -1.10. The molecule has 6 nitrogen and oxygen atoms in total. The van der Waals surface area contributed by atoms with Gasteiger partial charge in [0.2, 0.25) is 5.91 Å². The van der Waals surface area contributed by atoms with Crippen LogP contribution in [0.3, 0.4) is 0 Å². The maximum atomic E-state index is 10.4. The van der Waals surface area contributed by atoms with Gasteiger partial charge in [-0.05, 0) is 10.6 Å². The van der Waals surface area contributed by atoms with Crippen molar-refractivity contribution in [2.75, 3.05) is 26.9 Å². The molecule has 6 heteroatoms. The first-order valence-corrected chi connectivity index (χ1v) is 2.96. The van der Waals surface area contributed by atoms with Gasteiger partial charge in [-0.2, -0.15) is 0 Å². The topological polar surface area (TPSA) is 84.3 Å². The summed E-state index contributed by atoms with van der Waals surface area (Å²) in [6.45, 7) is 0.556. The minimum absolute atomic E-state index is 0.187. The van der Waals surface area contributed by atoms with Gasteiger partial charge in [0.1, 0.15) is 6.61 Å². The number of carbonyl (C=O) groups is 1. The zero-order valence-electron chi connectivity index (χ0n) is 6.19. The highest BCUT2D eigenvalue weighted by Crippen LogP contribution is 1.80. The standard InChI is InChI=1S/C5H9N3O3/c1-10-2-3-11-4-5(9)7-8-6/h2-4H2,1H3. The Labute approximate surface area is 63.7 Å². The first-order valence-electron chi connectivity index (χ1n) is 2.96. The number of nitrogens with zero attached hydrogens (tertiary/aromatic N) is 3. The van der Waals surface area contributed by atoms with Crippen molar-refractivity contribution >= 4 is 5.91 Å². The van der Waals surface area contributed by atoms with Gasteiger partial charge >= 0.3 is 0 Å². The molecule has 0 heterocycles. The monoisotopic (exact) mass is 159 g/mol. The molecular weight excluding hydrogens is 150 g/mol. The lowest BCUT2D eigenvalue weighted by atomic mass is 10.7. The van der Waals surface area contributed by atoms with Crippen LogP contribution in [-0.2, 0) is 14.3 Å². The number of amides is 1. The zero-order chi connectivity index (χ0) is 8.53. The SMILES string of the molecule is COCCOCC(=O)N=[N+]=[N-]. The van der Waals surface area contributed by atoms with E-state index in [0.29, 0.717) is 13.2 Å². The van der Waals surface area contributed by atoms with Crippen LogP contribution in [0.15, 0.2) is 5.11 Å². The fourth-order valence-electron chi connectivity index (χ4n) is 0.380. The number of rotatable bonds is 5. The van der Waals surface area contributed by atoms with Crippen molar-refractivity contribution in [1.29, 1.82) is 0 Å². The highest BCUT2D eigenvalue weighted by atomic mass is 16.5. The Bertz CT molecular complexity index is 164. The first-order chi connectivity index (χ1) is 5.31. The van der Waals surface area contributed by atoms with Crippen LogP contribution in [0.2, 0.25) is 0 Å². The third-order valence-corrected chi connectivity index (χ3v) is 0.814. The van der Waals surface area contributed by atoms with E-state index in [2.05, 4.69) is 14.8 Å². The summed E-state index contributed by atoms with van der Waals surface area (Å²) in [6, 6.07) is 0. The van der Waals surface area contributed by atoms with E-state index < -0.39 is 5.91 Å². The molecule has 0 saturated heterocycles. The molecule has 0 saturated carbocycles. The van der Waals surface area contributed by atoms with Gasteiger partial charge in [-0.15, -0.1) is 0 Å². The van der Waals surface area contributed by atoms with Gasteiger partial charge in [0.15, 0.2) is 0 Å². The van der Waals surface area contributed by atoms with Crippen molar-refractivity contribution in [3.63, 3.8) is 0 Å². The fraction of sp³-hybridized carbons (Fsp3) is 0.800. The third-order valence-electron chi connectivity index (χ3n) is 0.814. The van der Waals surface area contributed by atoms with Gasteiger partial charge in [-0.25, -0.2) is 0 Å². The molecule has 0 radical (unpaired) electrons. The van der Waals surface area contributed by atoms with Crippen molar-refractivity contribution < 1.29 is 14.3 Å². The van der Waals surface area contributed by atoms with Crippen molar-refractivity contribution in [2.24, 2.45) is 5.11 Å². The fourth-order valence-corrected chi connectivity index (χ4v) is 0.380. The maximum Gasteiger partial charge on any atom is 0.244 e. The van der Waals surface area contributed by atoms with Gasteiger partial charge in [0.25, 0.3) is 0 Å². The molecule has 0 atom stereocenters. The Morgan fingerprint density at radius 3 is 2.91 bits per heavy atom. The van der Waals surface area contributed by atoms with Crippen LogP contribution in [0.25, 0.3) is 10.4 Å². The van der Waals surface area contributed by atoms with E-state index in [4.69, 9.17) is 10.3 Å². The predicted molar refractivity (Wildman–Crippen MR) is 36.8 cm³/mol. The molecule has 0 aromatic heterocycles. The second kappa shape index (κ2) is 7.01. The van der Waals surface area contributed by atoms with Crippen LogP contribution in [0.1, 0.15) is 0 Å². The third kappa shape index (κ3) is 6.79. The summed E-state index contributed by atoms with van der Waals surface area (Å²) in [6.07, 6.45) is 0. The molecule has 0 rings (SSSR count). The summed E-state index contributed by atoms with van der Waals surface area (Å²) in [5.74, 6) is -0.622. The first kappa shape index (κ1) is 9.90. The normalized spacial score (nSPS) is 8.82. The molecule has 0 fully saturated rings. The summed E-state index contributed by atoms with van der Waals surface area (Å²) in [5.41, 5.74) is 7.80. The molecule has 0 aromatic carbocycles. The Balaban J connectivity index is 3.24. The van der Waals surface area contributed by atoms with Crippen molar-refractivity contribution in [3.05, 3.63) is 10.4 Å². The molecular formula is C5H9N3O3.